The number of alkyl halides is 6. The van der Waals surface area contributed by atoms with Gasteiger partial charge in [0.2, 0.25) is 0 Å². The molecule has 6 atom stereocenters. The first-order valence-electron chi connectivity index (χ1n) is 8.71. The molecule has 0 bridgehead atoms. The minimum atomic E-state index is -1.92. The Balaban J connectivity index is 2.59. The van der Waals surface area contributed by atoms with E-state index < -0.39 is 49.5 Å². The van der Waals surface area contributed by atoms with Gasteiger partial charge in [0.1, 0.15) is 24.3 Å². The zero-order valence-electron chi connectivity index (χ0n) is 15.8. The summed E-state index contributed by atoms with van der Waals surface area (Å²) in [6.07, 6.45) is 4.88. The highest BCUT2D eigenvalue weighted by atomic mass is 35.5. The van der Waals surface area contributed by atoms with Crippen LogP contribution in [0.2, 0.25) is 0 Å². The molecule has 0 fully saturated rings. The fraction of sp³-hybridized carbons (Fsp3) is 0.588. The molecule has 168 valence electrons. The third kappa shape index (κ3) is 5.21. The van der Waals surface area contributed by atoms with Gasteiger partial charge < -0.3 is 19.3 Å². The SMILES string of the molecule is CC(Cl)C(Cl)(Cl)C(O)C(C(=O)C(C(O)C(Cl)(Cl)C(C)Cl)n1ccnc1)n1ccnc1. The fourth-order valence-corrected chi connectivity index (χ4v) is 3.60. The number of aliphatic hydroxyl groups is 2. The molecule has 30 heavy (non-hydrogen) atoms. The third-order valence-electron chi connectivity index (χ3n) is 4.72. The first-order valence-corrected chi connectivity index (χ1v) is 11.1. The molecule has 13 heteroatoms. The average Bonchev–Trinajstić information content (AvgIpc) is 3.36. The Morgan fingerprint density at radius 3 is 1.40 bits per heavy atom. The van der Waals surface area contributed by atoms with Crippen molar-refractivity contribution in [2.24, 2.45) is 0 Å². The molecule has 2 aromatic rings. The lowest BCUT2D eigenvalue weighted by atomic mass is 9.91. The summed E-state index contributed by atoms with van der Waals surface area (Å²) < 4.78 is -1.24. The van der Waals surface area contributed by atoms with Crippen molar-refractivity contribution in [3.05, 3.63) is 37.4 Å². The first-order chi connectivity index (χ1) is 13.8. The molecular weight excluding hydrogens is 521 g/mol. The molecular formula is C17H20Cl6N4O3. The highest BCUT2D eigenvalue weighted by Gasteiger charge is 2.52. The van der Waals surface area contributed by atoms with Crippen LogP contribution in [0.5, 0.6) is 0 Å². The van der Waals surface area contributed by atoms with Crippen LogP contribution < -0.4 is 0 Å². The van der Waals surface area contributed by atoms with Gasteiger partial charge in [0, 0.05) is 24.8 Å². The summed E-state index contributed by atoms with van der Waals surface area (Å²) in [5.74, 6) is -0.725. The molecule has 0 spiro atoms. The lowest BCUT2D eigenvalue weighted by Crippen LogP contribution is -2.52. The number of nitrogens with zero attached hydrogens (tertiary/aromatic N) is 4. The number of Topliss-reactive ketones (excluding diaryl/α,β-unsaturated/α-hetero) is 1. The molecule has 0 aliphatic rings. The largest absolute Gasteiger partial charge is 0.387 e. The van der Waals surface area contributed by atoms with E-state index in [0.717, 1.165) is 0 Å². The summed E-state index contributed by atoms with van der Waals surface area (Å²) in [5.41, 5.74) is 0. The van der Waals surface area contributed by atoms with Gasteiger partial charge in [-0.3, -0.25) is 4.79 Å². The van der Waals surface area contributed by atoms with Crippen LogP contribution in [0.1, 0.15) is 25.9 Å². The Kier molecular flexibility index (Phi) is 8.78. The number of aliphatic hydroxyl groups excluding tert-OH is 2. The zero-order chi connectivity index (χ0) is 22.9. The molecule has 7 nitrogen and oxygen atoms in total. The van der Waals surface area contributed by atoms with Crippen LogP contribution in [0.4, 0.5) is 0 Å². The summed E-state index contributed by atoms with van der Waals surface area (Å²) >= 11 is 37.2. The summed E-state index contributed by atoms with van der Waals surface area (Å²) in [5, 5.41) is 20.1. The molecule has 2 heterocycles. The lowest BCUT2D eigenvalue weighted by Gasteiger charge is -2.38. The maximum absolute atomic E-state index is 13.7. The van der Waals surface area contributed by atoms with E-state index in [1.54, 1.807) is 0 Å². The Morgan fingerprint density at radius 1 is 0.833 bits per heavy atom. The van der Waals surface area contributed by atoms with Crippen LogP contribution in [0.3, 0.4) is 0 Å². The predicted molar refractivity (Wildman–Crippen MR) is 119 cm³/mol. The third-order valence-corrected chi connectivity index (χ3v) is 8.06. The number of imidazole rings is 2. The summed E-state index contributed by atoms with van der Waals surface area (Å²) in [6.45, 7) is 2.94. The quantitative estimate of drug-likeness (QED) is 0.448. The van der Waals surface area contributed by atoms with E-state index in [-0.39, 0.29) is 0 Å². The number of carbonyl (C=O) groups excluding carboxylic acids is 1. The smallest absolute Gasteiger partial charge is 0.183 e. The number of aromatic nitrogens is 4. The van der Waals surface area contributed by atoms with Crippen molar-refractivity contribution in [2.75, 3.05) is 0 Å². The van der Waals surface area contributed by atoms with Gasteiger partial charge in [-0.15, -0.1) is 23.2 Å². The van der Waals surface area contributed by atoms with Crippen LogP contribution in [0.25, 0.3) is 0 Å². The van der Waals surface area contributed by atoms with Gasteiger partial charge in [-0.05, 0) is 13.8 Å². The highest BCUT2D eigenvalue weighted by molar-refractivity contribution is 6.53. The van der Waals surface area contributed by atoms with Crippen LogP contribution in [-0.4, -0.2) is 66.7 Å². The van der Waals surface area contributed by atoms with Crippen molar-refractivity contribution in [2.45, 2.75) is 57.6 Å². The number of halogens is 6. The molecule has 0 amide bonds. The maximum Gasteiger partial charge on any atom is 0.183 e. The first kappa shape index (κ1) is 26.0. The Labute approximate surface area is 203 Å². The fourth-order valence-electron chi connectivity index (χ4n) is 2.87. The van der Waals surface area contributed by atoms with Gasteiger partial charge in [0.05, 0.1) is 23.4 Å². The predicted octanol–water partition coefficient (Wildman–Crippen LogP) is 3.76. The van der Waals surface area contributed by atoms with Gasteiger partial charge >= 0.3 is 0 Å². The molecule has 0 radical (unpaired) electrons. The maximum atomic E-state index is 13.7. The van der Waals surface area contributed by atoms with E-state index in [1.165, 1.54) is 60.4 Å². The second kappa shape index (κ2) is 10.1. The second-order valence-electron chi connectivity index (χ2n) is 6.78. The molecule has 0 saturated carbocycles. The van der Waals surface area contributed by atoms with Crippen LogP contribution in [-0.2, 0) is 4.79 Å². The van der Waals surface area contributed by atoms with Gasteiger partial charge in [-0.1, -0.05) is 46.4 Å². The van der Waals surface area contributed by atoms with E-state index in [1.807, 2.05) is 0 Å². The molecule has 2 aromatic heterocycles. The standard InChI is InChI=1S/C17H20Cl6N4O3/c1-9(18)16(20,21)14(29)11(26-5-3-24-7-26)13(28)12(27-6-4-25-8-27)15(30)17(22,23)10(2)19/h3-12,14-15,29-30H,1-2H3. The van der Waals surface area contributed by atoms with Crippen molar-refractivity contribution >= 4 is 75.4 Å². The highest BCUT2D eigenvalue weighted by Crippen LogP contribution is 2.42. The number of hydrogen-bond donors (Lipinski definition) is 2. The van der Waals surface area contributed by atoms with Gasteiger partial charge in [0.25, 0.3) is 0 Å². The van der Waals surface area contributed by atoms with E-state index in [0.29, 0.717) is 0 Å². The summed E-state index contributed by atoms with van der Waals surface area (Å²) in [4.78, 5) is 21.5. The Hall–Kier alpha value is -0.250. The van der Waals surface area contributed by atoms with Crippen molar-refractivity contribution in [3.63, 3.8) is 0 Å². The average molecular weight is 541 g/mol. The molecule has 6 unspecified atom stereocenters. The monoisotopic (exact) mass is 538 g/mol. The summed E-state index contributed by atoms with van der Waals surface area (Å²) in [7, 11) is 0. The molecule has 0 saturated heterocycles. The summed E-state index contributed by atoms with van der Waals surface area (Å²) in [6, 6.07) is -2.80. The minimum absolute atomic E-state index is 0.725. The van der Waals surface area contributed by atoms with E-state index in [2.05, 4.69) is 9.97 Å². The van der Waals surface area contributed by atoms with E-state index in [9.17, 15) is 15.0 Å². The van der Waals surface area contributed by atoms with Crippen LogP contribution in [0.15, 0.2) is 37.4 Å². The molecule has 0 aliphatic carbocycles. The van der Waals surface area contributed by atoms with Crippen molar-refractivity contribution in [1.82, 2.24) is 19.1 Å². The number of rotatable bonds is 10. The zero-order valence-corrected chi connectivity index (χ0v) is 20.3. The van der Waals surface area contributed by atoms with Crippen molar-refractivity contribution in [1.29, 1.82) is 0 Å². The van der Waals surface area contributed by atoms with Crippen LogP contribution >= 0.6 is 69.6 Å². The minimum Gasteiger partial charge on any atom is -0.387 e. The normalized spacial score (nSPS) is 19.0. The number of ketones is 1. The second-order valence-corrected chi connectivity index (χ2v) is 11.0. The lowest BCUT2D eigenvalue weighted by molar-refractivity contribution is -0.132. The van der Waals surface area contributed by atoms with E-state index >= 15 is 0 Å². The van der Waals surface area contributed by atoms with Crippen molar-refractivity contribution < 1.29 is 15.0 Å². The van der Waals surface area contributed by atoms with Gasteiger partial charge in [-0.2, -0.15) is 0 Å². The Morgan fingerprint density at radius 2 is 1.17 bits per heavy atom. The number of carbonyl (C=O) groups is 1. The van der Waals surface area contributed by atoms with Gasteiger partial charge in [-0.25, -0.2) is 9.97 Å². The topological polar surface area (TPSA) is 93.2 Å². The van der Waals surface area contributed by atoms with Crippen LogP contribution in [0, 0.1) is 0 Å². The van der Waals surface area contributed by atoms with Crippen molar-refractivity contribution in [3.8, 4) is 0 Å². The molecule has 2 N–H and O–H groups in total. The van der Waals surface area contributed by atoms with E-state index in [4.69, 9.17) is 69.6 Å². The Bertz CT molecular complexity index is 747. The molecule has 0 aromatic carbocycles. The molecule has 0 aliphatic heterocycles. The molecule has 2 rings (SSSR count). The van der Waals surface area contributed by atoms with Gasteiger partial charge in [0.15, 0.2) is 14.4 Å². The number of hydrogen-bond acceptors (Lipinski definition) is 5.